The van der Waals surface area contributed by atoms with Gasteiger partial charge >= 0.3 is 5.97 Å². The minimum absolute atomic E-state index is 0.0120. The van der Waals surface area contributed by atoms with Crippen molar-refractivity contribution in [3.63, 3.8) is 0 Å². The smallest absolute Gasteiger partial charge is 0.340 e. The topological polar surface area (TPSA) is 183 Å². The molecule has 2 aromatic rings. The Morgan fingerprint density at radius 3 is 2.33 bits per heavy atom. The number of hydrazine groups is 1. The molecule has 48 heavy (non-hydrogen) atoms. The molecule has 2 saturated heterocycles. The lowest BCUT2D eigenvalue weighted by Crippen LogP contribution is -2.63. The molecule has 258 valence electrons. The van der Waals surface area contributed by atoms with Crippen molar-refractivity contribution in [2.75, 3.05) is 33.8 Å². The maximum absolute atomic E-state index is 13.7. The Morgan fingerprint density at radius 2 is 1.71 bits per heavy atom. The summed E-state index contributed by atoms with van der Waals surface area (Å²) in [4.78, 5) is 88.7. The maximum Gasteiger partial charge on any atom is 0.340 e. The lowest BCUT2D eigenvalue weighted by atomic mass is 10.1. The molecule has 14 nitrogen and oxygen atoms in total. The van der Waals surface area contributed by atoms with E-state index in [1.807, 2.05) is 31.1 Å². The van der Waals surface area contributed by atoms with Crippen LogP contribution >= 0.6 is 11.6 Å². The number of fused-ring (bicyclic) bond motifs is 1. The molecule has 2 aromatic carbocycles. The third kappa shape index (κ3) is 10.3. The number of aliphatic carboxylic acids is 1. The van der Waals surface area contributed by atoms with Crippen LogP contribution in [-0.2, 0) is 35.3 Å². The monoisotopic (exact) mass is 685 g/mol. The molecular formula is C33H40ClN5O9. The molecule has 15 heteroatoms. The number of nitrogens with one attached hydrogen (secondary N) is 2. The third-order valence-corrected chi connectivity index (χ3v) is 7.75. The number of carboxylic acids is 1. The van der Waals surface area contributed by atoms with E-state index in [0.717, 1.165) is 17.5 Å². The lowest BCUT2D eigenvalue weighted by molar-refractivity contribution is -0.176. The molecule has 2 aliphatic rings. The van der Waals surface area contributed by atoms with E-state index in [1.165, 1.54) is 11.1 Å². The van der Waals surface area contributed by atoms with Gasteiger partial charge in [0.25, 0.3) is 17.8 Å². The van der Waals surface area contributed by atoms with Gasteiger partial charge in [0.15, 0.2) is 12.4 Å². The van der Waals surface area contributed by atoms with E-state index in [2.05, 4.69) is 10.6 Å². The zero-order valence-electron chi connectivity index (χ0n) is 27.3. The van der Waals surface area contributed by atoms with Gasteiger partial charge in [0, 0.05) is 32.0 Å². The highest BCUT2D eigenvalue weighted by Gasteiger charge is 2.44. The van der Waals surface area contributed by atoms with Gasteiger partial charge in [-0.2, -0.15) is 0 Å². The molecule has 0 spiro atoms. The molecular weight excluding hydrogens is 646 g/mol. The van der Waals surface area contributed by atoms with Gasteiger partial charge in [0.1, 0.15) is 12.1 Å². The Kier molecular flexibility index (Phi) is 13.6. The number of hydrogen-bond donors (Lipinski definition) is 3. The van der Waals surface area contributed by atoms with Crippen LogP contribution in [0.2, 0.25) is 5.02 Å². The lowest BCUT2D eigenvalue weighted by Gasteiger charge is -2.42. The van der Waals surface area contributed by atoms with Gasteiger partial charge in [-0.3, -0.25) is 33.8 Å². The number of Topliss-reactive ketones (excluding diaryl/α,β-unsaturated/α-hetero) is 1. The van der Waals surface area contributed by atoms with Crippen molar-refractivity contribution >= 4 is 53.0 Å². The van der Waals surface area contributed by atoms with Crippen molar-refractivity contribution in [2.24, 2.45) is 0 Å². The first-order chi connectivity index (χ1) is 22.7. The third-order valence-electron chi connectivity index (χ3n) is 7.43. The first-order valence-corrected chi connectivity index (χ1v) is 15.7. The molecule has 0 bridgehead atoms. The van der Waals surface area contributed by atoms with Crippen molar-refractivity contribution in [1.82, 2.24) is 25.6 Å². The Labute approximate surface area is 283 Å². The quantitative estimate of drug-likeness (QED) is 0.313. The van der Waals surface area contributed by atoms with Crippen molar-refractivity contribution < 1.29 is 43.4 Å². The van der Waals surface area contributed by atoms with Crippen LogP contribution in [0.25, 0.3) is 0 Å². The van der Waals surface area contributed by atoms with Crippen molar-refractivity contribution in [3.05, 3.63) is 69.7 Å². The number of nitrogens with zero attached hydrogens (tertiary/aromatic N) is 3. The molecule has 4 rings (SSSR count). The van der Waals surface area contributed by atoms with E-state index in [0.29, 0.717) is 24.1 Å². The van der Waals surface area contributed by atoms with E-state index >= 15 is 0 Å². The minimum Gasteiger partial charge on any atom is -0.481 e. The second-order valence-electron chi connectivity index (χ2n) is 11.6. The van der Waals surface area contributed by atoms with Gasteiger partial charge < -0.3 is 25.4 Å². The molecule has 2 fully saturated rings. The first kappa shape index (κ1) is 37.6. The summed E-state index contributed by atoms with van der Waals surface area (Å²) in [5.41, 5.74) is 2.13. The Bertz CT molecular complexity index is 1520. The zero-order valence-corrected chi connectivity index (χ0v) is 28.0. The summed E-state index contributed by atoms with van der Waals surface area (Å²) < 4.78 is 5.09. The number of carboxylic acid groups (broad SMARTS) is 1. The molecule has 3 N–H and O–H groups in total. The van der Waals surface area contributed by atoms with Crippen LogP contribution < -0.4 is 10.6 Å². The van der Waals surface area contributed by atoms with Gasteiger partial charge in [0.2, 0.25) is 11.8 Å². The molecule has 0 aromatic heterocycles. The SMILES string of the molecule is CC(=O)O.Cc1cccc(Cl)c1C(=O)OCC(=O)CNC(=O)[C@@H]1CCCN2C(=O)CC[C@H](NC(=O)c3ccc(CN(C)C)cc3)C(=O)N12. The number of carbonyl (C=O) groups excluding carboxylic acids is 6. The molecule has 0 radical (unpaired) electrons. The number of ether oxygens (including phenoxy) is 1. The maximum atomic E-state index is 13.7. The second-order valence-corrected chi connectivity index (χ2v) is 12.0. The summed E-state index contributed by atoms with van der Waals surface area (Å²) >= 11 is 6.08. The molecule has 2 heterocycles. The van der Waals surface area contributed by atoms with Crippen molar-refractivity contribution in [3.8, 4) is 0 Å². The van der Waals surface area contributed by atoms with E-state index in [-0.39, 0.29) is 42.3 Å². The number of benzene rings is 2. The zero-order chi connectivity index (χ0) is 35.5. The summed E-state index contributed by atoms with van der Waals surface area (Å²) in [6.45, 7) is 2.68. The Hall–Kier alpha value is -4.82. The number of carbonyl (C=O) groups is 7. The average Bonchev–Trinajstić information content (AvgIpc) is 3.14. The van der Waals surface area contributed by atoms with Gasteiger partial charge in [-0.15, -0.1) is 0 Å². The summed E-state index contributed by atoms with van der Waals surface area (Å²) in [6.07, 6.45) is 0.813. The van der Waals surface area contributed by atoms with Crippen LogP contribution in [0.15, 0.2) is 42.5 Å². The Morgan fingerprint density at radius 1 is 1.04 bits per heavy atom. The predicted molar refractivity (Wildman–Crippen MR) is 174 cm³/mol. The van der Waals surface area contributed by atoms with Gasteiger partial charge in [-0.25, -0.2) is 9.80 Å². The van der Waals surface area contributed by atoms with E-state index in [9.17, 15) is 28.8 Å². The van der Waals surface area contributed by atoms with Crippen LogP contribution in [0.1, 0.15) is 64.4 Å². The van der Waals surface area contributed by atoms with E-state index in [4.69, 9.17) is 26.2 Å². The average molecular weight is 686 g/mol. The summed E-state index contributed by atoms with van der Waals surface area (Å²) in [6, 6.07) is 9.83. The highest BCUT2D eigenvalue weighted by molar-refractivity contribution is 6.33. The molecule has 2 atom stereocenters. The molecule has 4 amide bonds. The van der Waals surface area contributed by atoms with Gasteiger partial charge in [-0.05, 0) is 69.6 Å². The van der Waals surface area contributed by atoms with Crippen molar-refractivity contribution in [1.29, 1.82) is 0 Å². The molecule has 0 unspecified atom stereocenters. The summed E-state index contributed by atoms with van der Waals surface area (Å²) in [5.74, 6) is -4.19. The summed E-state index contributed by atoms with van der Waals surface area (Å²) in [5, 5.41) is 15.2. The van der Waals surface area contributed by atoms with Crippen LogP contribution in [0.4, 0.5) is 0 Å². The number of halogens is 1. The summed E-state index contributed by atoms with van der Waals surface area (Å²) in [7, 11) is 3.88. The number of aryl methyl sites for hydroxylation is 1. The first-order valence-electron chi connectivity index (χ1n) is 15.3. The number of rotatable bonds is 10. The molecule has 0 aliphatic carbocycles. The van der Waals surface area contributed by atoms with E-state index in [1.54, 1.807) is 31.2 Å². The number of amides is 4. The fraction of sp³-hybridized carbons (Fsp3) is 0.424. The molecule has 0 saturated carbocycles. The molecule has 2 aliphatic heterocycles. The van der Waals surface area contributed by atoms with Crippen LogP contribution in [0.5, 0.6) is 0 Å². The number of ketones is 1. The predicted octanol–water partition coefficient (Wildman–Crippen LogP) is 1.97. The fourth-order valence-corrected chi connectivity index (χ4v) is 5.54. The minimum atomic E-state index is -1.07. The van der Waals surface area contributed by atoms with Gasteiger partial charge in [-0.1, -0.05) is 35.9 Å². The van der Waals surface area contributed by atoms with E-state index < -0.39 is 60.7 Å². The van der Waals surface area contributed by atoms with Crippen LogP contribution in [0.3, 0.4) is 0 Å². The highest BCUT2D eigenvalue weighted by Crippen LogP contribution is 2.25. The van der Waals surface area contributed by atoms with Crippen molar-refractivity contribution in [2.45, 2.75) is 58.2 Å². The second kappa shape index (κ2) is 17.4. The Balaban J connectivity index is 0.00000148. The highest BCUT2D eigenvalue weighted by atomic mass is 35.5. The van der Waals surface area contributed by atoms with Crippen LogP contribution in [-0.4, -0.2) is 107 Å². The van der Waals surface area contributed by atoms with Crippen LogP contribution in [0, 0.1) is 6.92 Å². The number of hydrogen-bond acceptors (Lipinski definition) is 9. The fourth-order valence-electron chi connectivity index (χ4n) is 5.24. The van der Waals surface area contributed by atoms with Gasteiger partial charge in [0.05, 0.1) is 17.1 Å². The normalized spacial score (nSPS) is 17.4. The largest absolute Gasteiger partial charge is 0.481 e. The number of esters is 1. The standard InChI is InChI=1S/C31H36ClN5O7.C2H4O2/c1-19-6-4-7-23(32)27(19)31(43)44-18-22(38)16-33-29(41)25-8-5-15-36-26(39)14-13-24(30(42)37(25)36)34-28(40)21-11-9-20(10-12-21)17-35(2)3;1-2(3)4/h4,6-7,9-12,24-25H,5,8,13-18H2,1-3H3,(H,33,41)(H,34,40);1H3,(H,3,4)/t24-,25-;/m0./s1.